The summed E-state index contributed by atoms with van der Waals surface area (Å²) in [6.45, 7) is 7.85. The van der Waals surface area contributed by atoms with E-state index in [1.54, 1.807) is 84.9 Å². The fourth-order valence-electron chi connectivity index (χ4n) is 2.89. The molecule has 2 N–H and O–H groups in total. The Hall–Kier alpha value is -4.32. The summed E-state index contributed by atoms with van der Waals surface area (Å²) in [6.07, 6.45) is 3.23. The van der Waals surface area contributed by atoms with Gasteiger partial charge in [-0.2, -0.15) is 0 Å². The molecule has 0 aliphatic rings. The van der Waals surface area contributed by atoms with Crippen molar-refractivity contribution in [1.29, 1.82) is 0 Å². The normalized spacial score (nSPS) is 10.0. The van der Waals surface area contributed by atoms with Gasteiger partial charge >= 0.3 is 0 Å². The van der Waals surface area contributed by atoms with Crippen molar-refractivity contribution >= 4 is 23.2 Å². The maximum atomic E-state index is 12.7. The molecule has 6 nitrogen and oxygen atoms in total. The van der Waals surface area contributed by atoms with E-state index in [9.17, 15) is 9.59 Å². The van der Waals surface area contributed by atoms with Crippen LogP contribution in [0.5, 0.6) is 11.5 Å². The molecule has 0 aromatic heterocycles. The van der Waals surface area contributed by atoms with Gasteiger partial charge < -0.3 is 20.1 Å². The van der Waals surface area contributed by atoms with Crippen molar-refractivity contribution in [1.82, 2.24) is 0 Å². The molecule has 0 saturated heterocycles. The van der Waals surface area contributed by atoms with Crippen LogP contribution in [0.25, 0.3) is 0 Å². The lowest BCUT2D eigenvalue weighted by atomic mass is 10.1. The molecule has 0 unspecified atom stereocenters. The SMILES string of the molecule is C=CCOc1ccccc1C(=O)Nc1ccc(NC(=O)c2ccccc2OCC=C)cc1. The number of carbonyl (C=O) groups is 2. The lowest BCUT2D eigenvalue weighted by Crippen LogP contribution is -2.15. The maximum absolute atomic E-state index is 12.7. The summed E-state index contributed by atoms with van der Waals surface area (Å²) >= 11 is 0. The maximum Gasteiger partial charge on any atom is 0.259 e. The average Bonchev–Trinajstić information content (AvgIpc) is 2.83. The van der Waals surface area contributed by atoms with Gasteiger partial charge in [0.05, 0.1) is 11.1 Å². The second-order valence-corrected chi connectivity index (χ2v) is 6.68. The van der Waals surface area contributed by atoms with Crippen LogP contribution in [0, 0.1) is 0 Å². The van der Waals surface area contributed by atoms with Crippen LogP contribution in [-0.2, 0) is 0 Å². The van der Waals surface area contributed by atoms with Crippen LogP contribution in [0.3, 0.4) is 0 Å². The summed E-state index contributed by atoms with van der Waals surface area (Å²) in [5, 5.41) is 5.67. The Morgan fingerprint density at radius 2 is 1.03 bits per heavy atom. The van der Waals surface area contributed by atoms with Crippen molar-refractivity contribution in [3.63, 3.8) is 0 Å². The van der Waals surface area contributed by atoms with Gasteiger partial charge in [0.1, 0.15) is 24.7 Å². The zero-order valence-corrected chi connectivity index (χ0v) is 17.5. The summed E-state index contributed by atoms with van der Waals surface area (Å²) < 4.78 is 11.1. The first-order chi connectivity index (χ1) is 15.6. The standard InChI is InChI=1S/C26H24N2O4/c1-3-17-31-23-11-7-5-9-21(23)25(29)27-19-13-15-20(16-14-19)28-26(30)22-10-6-8-12-24(22)32-18-4-2/h3-16H,1-2,17-18H2,(H,27,29)(H,28,30). The Morgan fingerprint density at radius 1 is 0.656 bits per heavy atom. The van der Waals surface area contributed by atoms with Gasteiger partial charge in [0, 0.05) is 11.4 Å². The van der Waals surface area contributed by atoms with E-state index in [2.05, 4.69) is 23.8 Å². The number of amides is 2. The molecule has 6 heteroatoms. The highest BCUT2D eigenvalue weighted by Gasteiger charge is 2.14. The molecule has 0 fully saturated rings. The highest BCUT2D eigenvalue weighted by atomic mass is 16.5. The van der Waals surface area contributed by atoms with Gasteiger partial charge in [-0.15, -0.1) is 0 Å². The Labute approximate surface area is 187 Å². The molecule has 0 bridgehead atoms. The lowest BCUT2D eigenvalue weighted by molar-refractivity contribution is 0.101. The quantitative estimate of drug-likeness (QED) is 0.429. The smallest absolute Gasteiger partial charge is 0.259 e. The molecule has 2 amide bonds. The van der Waals surface area contributed by atoms with Gasteiger partial charge in [0.2, 0.25) is 0 Å². The van der Waals surface area contributed by atoms with E-state index in [1.807, 2.05) is 0 Å². The summed E-state index contributed by atoms with van der Waals surface area (Å²) in [6, 6.07) is 20.8. The van der Waals surface area contributed by atoms with Crippen LogP contribution >= 0.6 is 0 Å². The summed E-state index contributed by atoms with van der Waals surface area (Å²) in [7, 11) is 0. The van der Waals surface area contributed by atoms with Crippen molar-refractivity contribution in [2.24, 2.45) is 0 Å². The second-order valence-electron chi connectivity index (χ2n) is 6.68. The Morgan fingerprint density at radius 3 is 1.41 bits per heavy atom. The van der Waals surface area contributed by atoms with Gasteiger partial charge in [-0.3, -0.25) is 9.59 Å². The molecule has 0 aliphatic heterocycles. The molecule has 3 aromatic carbocycles. The van der Waals surface area contributed by atoms with E-state index in [4.69, 9.17) is 9.47 Å². The van der Waals surface area contributed by atoms with Crippen LogP contribution < -0.4 is 20.1 Å². The fraction of sp³-hybridized carbons (Fsp3) is 0.0769. The number of carbonyl (C=O) groups excluding carboxylic acids is 2. The molecular formula is C26H24N2O4. The number of rotatable bonds is 10. The molecule has 0 spiro atoms. The summed E-state index contributed by atoms with van der Waals surface area (Å²) in [5.74, 6) is 0.363. The molecule has 32 heavy (non-hydrogen) atoms. The van der Waals surface area contributed by atoms with E-state index in [0.29, 0.717) is 47.2 Å². The highest BCUT2D eigenvalue weighted by Crippen LogP contribution is 2.22. The zero-order valence-electron chi connectivity index (χ0n) is 17.5. The predicted molar refractivity (Wildman–Crippen MR) is 127 cm³/mol. The lowest BCUT2D eigenvalue weighted by Gasteiger charge is -2.12. The Bertz CT molecular complexity index is 1020. The highest BCUT2D eigenvalue weighted by molar-refractivity contribution is 6.07. The van der Waals surface area contributed by atoms with Crippen LogP contribution in [0.15, 0.2) is 98.1 Å². The minimum absolute atomic E-state index is 0.297. The first kappa shape index (κ1) is 22.4. The van der Waals surface area contributed by atoms with Crippen LogP contribution in [0.1, 0.15) is 20.7 Å². The predicted octanol–water partition coefficient (Wildman–Crippen LogP) is 5.32. The molecule has 0 radical (unpaired) electrons. The molecule has 3 rings (SSSR count). The Balaban J connectivity index is 1.66. The van der Waals surface area contributed by atoms with Crippen LogP contribution in [-0.4, -0.2) is 25.0 Å². The van der Waals surface area contributed by atoms with Crippen molar-refractivity contribution in [3.05, 3.63) is 109 Å². The second kappa shape index (κ2) is 11.2. The number of ether oxygens (including phenoxy) is 2. The zero-order chi connectivity index (χ0) is 22.8. The van der Waals surface area contributed by atoms with Crippen LogP contribution in [0.4, 0.5) is 11.4 Å². The molecule has 3 aromatic rings. The van der Waals surface area contributed by atoms with Gasteiger partial charge in [-0.1, -0.05) is 49.6 Å². The minimum Gasteiger partial charge on any atom is -0.489 e. The third kappa shape index (κ3) is 5.86. The van der Waals surface area contributed by atoms with E-state index >= 15 is 0 Å². The Kier molecular flexibility index (Phi) is 7.81. The number of para-hydroxylation sites is 2. The van der Waals surface area contributed by atoms with Gasteiger partial charge in [0.15, 0.2) is 0 Å². The largest absolute Gasteiger partial charge is 0.489 e. The molecule has 0 heterocycles. The fourth-order valence-corrected chi connectivity index (χ4v) is 2.89. The first-order valence-corrected chi connectivity index (χ1v) is 10.0. The first-order valence-electron chi connectivity index (χ1n) is 10.0. The monoisotopic (exact) mass is 428 g/mol. The van der Waals surface area contributed by atoms with Gasteiger partial charge in [0.25, 0.3) is 11.8 Å². The summed E-state index contributed by atoms with van der Waals surface area (Å²) in [4.78, 5) is 25.3. The van der Waals surface area contributed by atoms with E-state index in [0.717, 1.165) is 0 Å². The number of hydrogen-bond acceptors (Lipinski definition) is 4. The van der Waals surface area contributed by atoms with E-state index in [-0.39, 0.29) is 11.8 Å². The third-order valence-electron chi connectivity index (χ3n) is 4.38. The molecular weight excluding hydrogens is 404 g/mol. The minimum atomic E-state index is -0.297. The van der Waals surface area contributed by atoms with Gasteiger partial charge in [-0.05, 0) is 48.5 Å². The van der Waals surface area contributed by atoms with Crippen molar-refractivity contribution in [2.75, 3.05) is 23.8 Å². The number of nitrogens with one attached hydrogen (secondary N) is 2. The third-order valence-corrected chi connectivity index (χ3v) is 4.38. The van der Waals surface area contributed by atoms with Crippen LogP contribution in [0.2, 0.25) is 0 Å². The summed E-state index contributed by atoms with van der Waals surface area (Å²) in [5.41, 5.74) is 2.01. The van der Waals surface area contributed by atoms with Gasteiger partial charge in [-0.25, -0.2) is 0 Å². The average molecular weight is 428 g/mol. The number of benzene rings is 3. The van der Waals surface area contributed by atoms with Crippen molar-refractivity contribution < 1.29 is 19.1 Å². The topological polar surface area (TPSA) is 76.7 Å². The molecule has 0 saturated carbocycles. The van der Waals surface area contributed by atoms with E-state index in [1.165, 1.54) is 0 Å². The molecule has 0 aliphatic carbocycles. The number of anilines is 2. The molecule has 0 atom stereocenters. The van der Waals surface area contributed by atoms with E-state index < -0.39 is 0 Å². The van der Waals surface area contributed by atoms with Crippen molar-refractivity contribution in [2.45, 2.75) is 0 Å². The number of hydrogen-bond donors (Lipinski definition) is 2. The molecule has 162 valence electrons. The van der Waals surface area contributed by atoms with Crippen molar-refractivity contribution in [3.8, 4) is 11.5 Å².